The number of aromatic nitrogens is 2. The Morgan fingerprint density at radius 3 is 3.00 bits per heavy atom. The standard InChI is InChI=1S/C13H20ClN3O/c1-3-12-15-11(14)8-13(16-12)17-7-5-6-10(9-17)18-4-2/h8,10H,3-7,9H2,1-2H3. The molecular formula is C13H20ClN3O. The Hall–Kier alpha value is -0.870. The summed E-state index contributed by atoms with van der Waals surface area (Å²) in [6, 6.07) is 1.84. The molecule has 4 nitrogen and oxygen atoms in total. The maximum absolute atomic E-state index is 6.04. The molecule has 1 aromatic rings. The molecule has 1 aliphatic heterocycles. The van der Waals surface area contributed by atoms with Crippen molar-refractivity contribution in [3.8, 4) is 0 Å². The molecule has 0 spiro atoms. The summed E-state index contributed by atoms with van der Waals surface area (Å²) in [7, 11) is 0. The summed E-state index contributed by atoms with van der Waals surface area (Å²) < 4.78 is 5.70. The van der Waals surface area contributed by atoms with Gasteiger partial charge < -0.3 is 9.64 Å². The maximum atomic E-state index is 6.04. The summed E-state index contributed by atoms with van der Waals surface area (Å²) in [5.74, 6) is 1.73. The SMILES string of the molecule is CCOC1CCCN(c2cc(Cl)nc(CC)n2)C1. The highest BCUT2D eigenvalue weighted by molar-refractivity contribution is 6.29. The smallest absolute Gasteiger partial charge is 0.134 e. The van der Waals surface area contributed by atoms with E-state index in [1.807, 2.05) is 19.9 Å². The zero-order valence-electron chi connectivity index (χ0n) is 11.0. The van der Waals surface area contributed by atoms with Crippen molar-refractivity contribution in [3.05, 3.63) is 17.0 Å². The Morgan fingerprint density at radius 1 is 1.44 bits per heavy atom. The van der Waals surface area contributed by atoms with Crippen molar-refractivity contribution in [2.45, 2.75) is 39.2 Å². The summed E-state index contributed by atoms with van der Waals surface area (Å²) in [6.07, 6.45) is 3.37. The average molecular weight is 270 g/mol. The second kappa shape index (κ2) is 6.34. The van der Waals surface area contributed by atoms with Gasteiger partial charge in [-0.3, -0.25) is 0 Å². The van der Waals surface area contributed by atoms with Gasteiger partial charge in [0.1, 0.15) is 16.8 Å². The van der Waals surface area contributed by atoms with Crippen molar-refractivity contribution in [1.29, 1.82) is 0 Å². The van der Waals surface area contributed by atoms with Crippen LogP contribution in [0.5, 0.6) is 0 Å². The van der Waals surface area contributed by atoms with Gasteiger partial charge >= 0.3 is 0 Å². The highest BCUT2D eigenvalue weighted by Crippen LogP contribution is 2.22. The number of nitrogens with zero attached hydrogens (tertiary/aromatic N) is 3. The van der Waals surface area contributed by atoms with Gasteiger partial charge in [-0.1, -0.05) is 18.5 Å². The lowest BCUT2D eigenvalue weighted by Crippen LogP contribution is -2.40. The molecule has 0 N–H and O–H groups in total. The van der Waals surface area contributed by atoms with Crippen molar-refractivity contribution < 1.29 is 4.74 Å². The van der Waals surface area contributed by atoms with Gasteiger partial charge in [-0.2, -0.15) is 0 Å². The summed E-state index contributed by atoms with van der Waals surface area (Å²) in [5.41, 5.74) is 0. The van der Waals surface area contributed by atoms with Crippen LogP contribution in [0.1, 0.15) is 32.5 Å². The van der Waals surface area contributed by atoms with Crippen LogP contribution in [0.15, 0.2) is 6.07 Å². The quantitative estimate of drug-likeness (QED) is 0.788. The summed E-state index contributed by atoms with van der Waals surface area (Å²) >= 11 is 6.04. The van der Waals surface area contributed by atoms with Gasteiger partial charge in [0, 0.05) is 32.2 Å². The first-order chi connectivity index (χ1) is 8.72. The molecule has 2 rings (SSSR count). The predicted octanol–water partition coefficient (Wildman–Crippen LogP) is 2.70. The lowest BCUT2D eigenvalue weighted by Gasteiger charge is -2.33. The molecule has 2 heterocycles. The number of hydrogen-bond donors (Lipinski definition) is 0. The second-order valence-electron chi connectivity index (χ2n) is 4.48. The number of anilines is 1. The molecule has 18 heavy (non-hydrogen) atoms. The Morgan fingerprint density at radius 2 is 2.28 bits per heavy atom. The number of aryl methyl sites for hydroxylation is 1. The van der Waals surface area contributed by atoms with Gasteiger partial charge in [0.05, 0.1) is 6.10 Å². The van der Waals surface area contributed by atoms with Gasteiger partial charge in [-0.05, 0) is 19.8 Å². The fourth-order valence-corrected chi connectivity index (χ4v) is 2.48. The van der Waals surface area contributed by atoms with Crippen LogP contribution in [0.3, 0.4) is 0 Å². The van der Waals surface area contributed by atoms with Crippen LogP contribution in [0.4, 0.5) is 5.82 Å². The second-order valence-corrected chi connectivity index (χ2v) is 4.87. The number of hydrogen-bond acceptors (Lipinski definition) is 4. The van der Waals surface area contributed by atoms with E-state index < -0.39 is 0 Å². The summed E-state index contributed by atoms with van der Waals surface area (Å²) in [4.78, 5) is 11.0. The molecule has 1 fully saturated rings. The average Bonchev–Trinajstić information content (AvgIpc) is 2.39. The highest BCUT2D eigenvalue weighted by Gasteiger charge is 2.21. The Labute approximate surface area is 113 Å². The Kier molecular flexibility index (Phi) is 4.78. The van der Waals surface area contributed by atoms with Gasteiger partial charge in [0.2, 0.25) is 0 Å². The van der Waals surface area contributed by atoms with E-state index in [-0.39, 0.29) is 0 Å². The van der Waals surface area contributed by atoms with E-state index >= 15 is 0 Å². The number of ether oxygens (including phenoxy) is 1. The van der Waals surface area contributed by atoms with Crippen LogP contribution in [0, 0.1) is 0 Å². The van der Waals surface area contributed by atoms with E-state index in [1.54, 1.807) is 0 Å². The van der Waals surface area contributed by atoms with Crippen molar-refractivity contribution in [1.82, 2.24) is 9.97 Å². The van der Waals surface area contributed by atoms with Gasteiger partial charge in [-0.25, -0.2) is 9.97 Å². The number of piperidine rings is 1. The summed E-state index contributed by atoms with van der Waals surface area (Å²) in [5, 5.41) is 0.524. The molecule has 0 bridgehead atoms. The van der Waals surface area contributed by atoms with Crippen LogP contribution in [-0.2, 0) is 11.2 Å². The number of halogens is 1. The Bertz CT molecular complexity index is 398. The Balaban J connectivity index is 2.12. The van der Waals surface area contributed by atoms with E-state index in [0.29, 0.717) is 11.3 Å². The van der Waals surface area contributed by atoms with Crippen molar-refractivity contribution in [2.75, 3.05) is 24.6 Å². The molecule has 5 heteroatoms. The van der Waals surface area contributed by atoms with Gasteiger partial charge in [0.25, 0.3) is 0 Å². The van der Waals surface area contributed by atoms with E-state index in [0.717, 1.165) is 50.6 Å². The lowest BCUT2D eigenvalue weighted by molar-refractivity contribution is 0.0525. The minimum absolute atomic E-state index is 0.308. The van der Waals surface area contributed by atoms with E-state index in [2.05, 4.69) is 14.9 Å². The van der Waals surface area contributed by atoms with Crippen LogP contribution < -0.4 is 4.90 Å². The first-order valence-corrected chi connectivity index (χ1v) is 7.00. The molecule has 0 radical (unpaired) electrons. The molecule has 0 saturated carbocycles. The van der Waals surface area contributed by atoms with Gasteiger partial charge in [0.15, 0.2) is 0 Å². The minimum Gasteiger partial charge on any atom is -0.377 e. The van der Waals surface area contributed by atoms with Crippen LogP contribution in [-0.4, -0.2) is 35.8 Å². The normalized spacial score (nSPS) is 20.2. The zero-order valence-corrected chi connectivity index (χ0v) is 11.8. The van der Waals surface area contributed by atoms with E-state index in [9.17, 15) is 0 Å². The third-order valence-corrected chi connectivity index (χ3v) is 3.34. The molecule has 1 aromatic heterocycles. The molecule has 0 aliphatic carbocycles. The highest BCUT2D eigenvalue weighted by atomic mass is 35.5. The van der Waals surface area contributed by atoms with Crippen molar-refractivity contribution in [3.63, 3.8) is 0 Å². The molecule has 1 saturated heterocycles. The fourth-order valence-electron chi connectivity index (χ4n) is 2.29. The fraction of sp³-hybridized carbons (Fsp3) is 0.692. The largest absolute Gasteiger partial charge is 0.377 e. The molecule has 0 amide bonds. The number of rotatable bonds is 4. The monoisotopic (exact) mass is 269 g/mol. The van der Waals surface area contributed by atoms with Gasteiger partial charge in [-0.15, -0.1) is 0 Å². The molecule has 1 atom stereocenters. The van der Waals surface area contributed by atoms with E-state index in [1.165, 1.54) is 0 Å². The molecule has 100 valence electrons. The predicted molar refractivity (Wildman–Crippen MR) is 73.3 cm³/mol. The molecule has 1 unspecified atom stereocenters. The molecular weight excluding hydrogens is 250 g/mol. The molecule has 1 aliphatic rings. The lowest BCUT2D eigenvalue weighted by atomic mass is 10.1. The van der Waals surface area contributed by atoms with E-state index in [4.69, 9.17) is 16.3 Å². The third kappa shape index (κ3) is 3.33. The zero-order chi connectivity index (χ0) is 13.0. The van der Waals surface area contributed by atoms with Crippen LogP contribution in [0.25, 0.3) is 0 Å². The first-order valence-electron chi connectivity index (χ1n) is 6.63. The third-order valence-electron chi connectivity index (χ3n) is 3.15. The van der Waals surface area contributed by atoms with Crippen molar-refractivity contribution >= 4 is 17.4 Å². The minimum atomic E-state index is 0.308. The van der Waals surface area contributed by atoms with Crippen LogP contribution in [0.2, 0.25) is 5.15 Å². The summed E-state index contributed by atoms with van der Waals surface area (Å²) in [6.45, 7) is 6.75. The topological polar surface area (TPSA) is 38.2 Å². The van der Waals surface area contributed by atoms with Crippen molar-refractivity contribution in [2.24, 2.45) is 0 Å². The molecule has 0 aromatic carbocycles. The van der Waals surface area contributed by atoms with Crippen LogP contribution >= 0.6 is 11.6 Å². The maximum Gasteiger partial charge on any atom is 0.134 e. The first kappa shape index (κ1) is 13.6.